The highest BCUT2D eigenvalue weighted by atomic mass is 19.1. The lowest BCUT2D eigenvalue weighted by Crippen LogP contribution is -2.09. The van der Waals surface area contributed by atoms with Crippen LogP contribution in [0.3, 0.4) is 0 Å². The number of rotatable bonds is 3. The van der Waals surface area contributed by atoms with Crippen molar-refractivity contribution in [3.05, 3.63) is 64.7 Å². The molecule has 0 aliphatic rings. The maximum absolute atomic E-state index is 13.4. The van der Waals surface area contributed by atoms with Gasteiger partial charge in [0, 0.05) is 5.69 Å². The number of carbonyl (C=O) groups is 1. The summed E-state index contributed by atoms with van der Waals surface area (Å²) in [5.74, 6) is -2.14. The molecule has 5 heteroatoms. The maximum Gasteiger partial charge on any atom is 0.338 e. The van der Waals surface area contributed by atoms with Crippen molar-refractivity contribution in [3.63, 3.8) is 0 Å². The first-order chi connectivity index (χ1) is 9.49. The van der Waals surface area contributed by atoms with E-state index >= 15 is 0 Å². The molecule has 2 aromatic rings. The van der Waals surface area contributed by atoms with E-state index in [0.717, 1.165) is 12.1 Å². The second-order valence-corrected chi connectivity index (χ2v) is 4.35. The smallest absolute Gasteiger partial charge is 0.338 e. The van der Waals surface area contributed by atoms with Crippen molar-refractivity contribution < 1.29 is 18.3 Å². The Hall–Kier alpha value is -2.43. The lowest BCUT2D eigenvalue weighted by atomic mass is 10.1. The summed E-state index contributed by atoms with van der Waals surface area (Å²) >= 11 is 0. The zero-order chi connectivity index (χ0) is 14.7. The summed E-state index contributed by atoms with van der Waals surface area (Å²) in [5, 5.41) is 0. The van der Waals surface area contributed by atoms with Crippen LogP contribution < -0.4 is 5.73 Å². The van der Waals surface area contributed by atoms with E-state index < -0.39 is 24.2 Å². The number of nitrogens with two attached hydrogens (primary N) is 1. The zero-order valence-corrected chi connectivity index (χ0v) is 10.8. The Morgan fingerprint density at radius 3 is 2.45 bits per heavy atom. The zero-order valence-electron chi connectivity index (χ0n) is 10.8. The monoisotopic (exact) mass is 277 g/mol. The molecule has 0 aromatic heterocycles. The summed E-state index contributed by atoms with van der Waals surface area (Å²) in [7, 11) is 0. The Bertz CT molecular complexity index is 636. The number of aryl methyl sites for hydroxylation is 1. The summed E-state index contributed by atoms with van der Waals surface area (Å²) in [6.45, 7) is 1.25. The van der Waals surface area contributed by atoms with Crippen LogP contribution in [0.15, 0.2) is 36.4 Å². The minimum Gasteiger partial charge on any atom is -0.457 e. The Labute approximate surface area is 115 Å². The van der Waals surface area contributed by atoms with Crippen LogP contribution in [0, 0.1) is 18.6 Å². The van der Waals surface area contributed by atoms with Crippen molar-refractivity contribution in [1.29, 1.82) is 0 Å². The van der Waals surface area contributed by atoms with Gasteiger partial charge in [-0.25, -0.2) is 13.6 Å². The standard InChI is InChI=1S/C15H13F2NO2/c1-9-7-10(18)5-6-11(9)15(19)20-8-12-13(16)3-2-4-14(12)17/h2-7H,8,18H2,1H3. The van der Waals surface area contributed by atoms with Gasteiger partial charge in [0.25, 0.3) is 0 Å². The van der Waals surface area contributed by atoms with E-state index in [4.69, 9.17) is 10.5 Å². The van der Waals surface area contributed by atoms with Gasteiger partial charge in [0.1, 0.15) is 18.2 Å². The summed E-state index contributed by atoms with van der Waals surface area (Å²) in [6.07, 6.45) is 0. The number of carbonyl (C=O) groups excluding carboxylic acids is 1. The molecular formula is C15H13F2NO2. The van der Waals surface area contributed by atoms with Crippen molar-refractivity contribution >= 4 is 11.7 Å². The second kappa shape index (κ2) is 5.69. The van der Waals surface area contributed by atoms with Gasteiger partial charge in [-0.2, -0.15) is 0 Å². The normalized spacial score (nSPS) is 10.3. The van der Waals surface area contributed by atoms with Crippen LogP contribution in [-0.4, -0.2) is 5.97 Å². The predicted molar refractivity (Wildman–Crippen MR) is 71.1 cm³/mol. The van der Waals surface area contributed by atoms with E-state index in [1.54, 1.807) is 19.1 Å². The molecule has 2 aromatic carbocycles. The second-order valence-electron chi connectivity index (χ2n) is 4.35. The third-order valence-electron chi connectivity index (χ3n) is 2.88. The lowest BCUT2D eigenvalue weighted by molar-refractivity contribution is 0.0464. The summed E-state index contributed by atoms with van der Waals surface area (Å²) in [5.41, 5.74) is 6.80. The average molecular weight is 277 g/mol. The highest BCUT2D eigenvalue weighted by molar-refractivity contribution is 5.91. The molecular weight excluding hydrogens is 264 g/mol. The third kappa shape index (κ3) is 2.93. The number of anilines is 1. The number of esters is 1. The van der Waals surface area contributed by atoms with E-state index in [9.17, 15) is 13.6 Å². The average Bonchev–Trinajstić information content (AvgIpc) is 2.37. The van der Waals surface area contributed by atoms with Gasteiger partial charge in [0.15, 0.2) is 0 Å². The molecule has 104 valence electrons. The fourth-order valence-corrected chi connectivity index (χ4v) is 1.80. The highest BCUT2D eigenvalue weighted by Crippen LogP contribution is 2.17. The summed E-state index contributed by atoms with van der Waals surface area (Å²) < 4.78 is 31.7. The number of halogens is 2. The van der Waals surface area contributed by atoms with Crippen LogP contribution in [0.4, 0.5) is 14.5 Å². The molecule has 3 nitrogen and oxygen atoms in total. The molecule has 0 unspecified atom stereocenters. The van der Waals surface area contributed by atoms with Crippen LogP contribution in [0.2, 0.25) is 0 Å². The Balaban J connectivity index is 2.13. The van der Waals surface area contributed by atoms with Gasteiger partial charge in [-0.15, -0.1) is 0 Å². The largest absolute Gasteiger partial charge is 0.457 e. The molecule has 0 aliphatic carbocycles. The van der Waals surface area contributed by atoms with Crippen molar-refractivity contribution in [3.8, 4) is 0 Å². The number of benzene rings is 2. The van der Waals surface area contributed by atoms with Gasteiger partial charge in [-0.05, 0) is 42.8 Å². The van der Waals surface area contributed by atoms with Crippen LogP contribution in [0.1, 0.15) is 21.5 Å². The van der Waals surface area contributed by atoms with Gasteiger partial charge < -0.3 is 10.5 Å². The van der Waals surface area contributed by atoms with Crippen LogP contribution >= 0.6 is 0 Å². The number of hydrogen-bond acceptors (Lipinski definition) is 3. The van der Waals surface area contributed by atoms with Gasteiger partial charge in [0.2, 0.25) is 0 Å². The molecule has 0 heterocycles. The molecule has 0 bridgehead atoms. The van der Waals surface area contributed by atoms with E-state index in [0.29, 0.717) is 16.8 Å². The first kappa shape index (κ1) is 14.0. The van der Waals surface area contributed by atoms with Crippen molar-refractivity contribution in [2.45, 2.75) is 13.5 Å². The Morgan fingerprint density at radius 1 is 1.20 bits per heavy atom. The fraction of sp³-hybridized carbons (Fsp3) is 0.133. The minimum absolute atomic E-state index is 0.269. The quantitative estimate of drug-likeness (QED) is 0.692. The maximum atomic E-state index is 13.4. The number of ether oxygens (including phenoxy) is 1. The van der Waals surface area contributed by atoms with Crippen LogP contribution in [0.25, 0.3) is 0 Å². The Morgan fingerprint density at radius 2 is 1.85 bits per heavy atom. The van der Waals surface area contributed by atoms with Gasteiger partial charge in [-0.1, -0.05) is 6.07 Å². The Kier molecular flexibility index (Phi) is 3.98. The SMILES string of the molecule is Cc1cc(N)ccc1C(=O)OCc1c(F)cccc1F. The molecule has 0 amide bonds. The topological polar surface area (TPSA) is 52.3 Å². The summed E-state index contributed by atoms with van der Waals surface area (Å²) in [6, 6.07) is 8.18. The molecule has 0 radical (unpaired) electrons. The van der Waals surface area contributed by atoms with E-state index in [1.807, 2.05) is 0 Å². The molecule has 20 heavy (non-hydrogen) atoms. The van der Waals surface area contributed by atoms with Gasteiger partial charge in [-0.3, -0.25) is 0 Å². The van der Waals surface area contributed by atoms with E-state index in [-0.39, 0.29) is 5.56 Å². The number of nitrogen functional groups attached to an aromatic ring is 1. The van der Waals surface area contributed by atoms with Crippen LogP contribution in [-0.2, 0) is 11.3 Å². The predicted octanol–water partition coefficient (Wildman–Crippen LogP) is 3.21. The third-order valence-corrected chi connectivity index (χ3v) is 2.88. The first-order valence-electron chi connectivity index (χ1n) is 5.95. The van der Waals surface area contributed by atoms with Crippen LogP contribution in [0.5, 0.6) is 0 Å². The van der Waals surface area contributed by atoms with Crippen molar-refractivity contribution in [2.75, 3.05) is 5.73 Å². The van der Waals surface area contributed by atoms with E-state index in [2.05, 4.69) is 0 Å². The molecule has 0 spiro atoms. The van der Waals surface area contributed by atoms with Crippen molar-refractivity contribution in [2.24, 2.45) is 0 Å². The fourth-order valence-electron chi connectivity index (χ4n) is 1.80. The molecule has 2 rings (SSSR count). The highest BCUT2D eigenvalue weighted by Gasteiger charge is 2.14. The molecule has 0 fully saturated rings. The molecule has 0 atom stereocenters. The number of hydrogen-bond donors (Lipinski definition) is 1. The molecule has 0 saturated heterocycles. The molecule has 0 saturated carbocycles. The molecule has 2 N–H and O–H groups in total. The van der Waals surface area contributed by atoms with E-state index in [1.165, 1.54) is 12.1 Å². The summed E-state index contributed by atoms with van der Waals surface area (Å²) in [4.78, 5) is 11.9. The minimum atomic E-state index is -0.744. The van der Waals surface area contributed by atoms with Gasteiger partial charge >= 0.3 is 5.97 Å². The first-order valence-corrected chi connectivity index (χ1v) is 5.95. The van der Waals surface area contributed by atoms with Gasteiger partial charge in [0.05, 0.1) is 11.1 Å². The van der Waals surface area contributed by atoms with Crippen molar-refractivity contribution in [1.82, 2.24) is 0 Å². The molecule has 0 aliphatic heterocycles. The lowest BCUT2D eigenvalue weighted by Gasteiger charge is -2.09.